The van der Waals surface area contributed by atoms with E-state index in [4.69, 9.17) is 4.74 Å². The SMILES string of the molecule is CCCCCC(=O)N1c2ccccc2NC2=C(C(=O)CC(C)(C)C2)[C@H]1c1ccccc1O[C@@H](C)CC. The number of benzene rings is 2. The van der Waals surface area contributed by atoms with Gasteiger partial charge in [0.25, 0.3) is 0 Å². The lowest BCUT2D eigenvalue weighted by atomic mass is 9.73. The van der Waals surface area contributed by atoms with Gasteiger partial charge in [0.05, 0.1) is 23.5 Å². The van der Waals surface area contributed by atoms with Gasteiger partial charge < -0.3 is 10.1 Å². The van der Waals surface area contributed by atoms with Crippen molar-refractivity contribution in [2.24, 2.45) is 5.41 Å². The molecule has 0 saturated heterocycles. The summed E-state index contributed by atoms with van der Waals surface area (Å²) in [4.78, 5) is 29.7. The highest BCUT2D eigenvalue weighted by Gasteiger charge is 2.44. The molecule has 1 N–H and O–H groups in total. The van der Waals surface area contributed by atoms with Gasteiger partial charge in [-0.3, -0.25) is 14.5 Å². The van der Waals surface area contributed by atoms with E-state index in [1.165, 1.54) is 0 Å². The normalized spacial score (nSPS) is 19.6. The van der Waals surface area contributed by atoms with Crippen LogP contribution in [0.1, 0.15) is 91.2 Å². The number of para-hydroxylation sites is 3. The number of rotatable bonds is 8. The number of unbranched alkanes of at least 4 members (excludes halogenated alkanes) is 2. The first-order valence-electron chi connectivity index (χ1n) is 13.5. The quantitative estimate of drug-likeness (QED) is 0.389. The molecule has 0 aromatic heterocycles. The van der Waals surface area contributed by atoms with Crippen LogP contribution in [0, 0.1) is 5.41 Å². The summed E-state index contributed by atoms with van der Waals surface area (Å²) in [5.74, 6) is 0.857. The van der Waals surface area contributed by atoms with Crippen molar-refractivity contribution in [2.75, 3.05) is 10.2 Å². The standard InChI is InChI=1S/C31H40N2O3/c1-6-8-9-18-28(35)33-25-16-12-11-15-23(25)32-24-19-31(4,5)20-26(34)29(24)30(33)22-14-10-13-17-27(22)36-21(3)7-2/h10-17,21,30,32H,6-9,18-20H2,1-5H3/t21-,30+/m0/s1. The van der Waals surface area contributed by atoms with Crippen LogP contribution < -0.4 is 15.0 Å². The molecule has 0 spiro atoms. The highest BCUT2D eigenvalue weighted by atomic mass is 16.5. The fraction of sp³-hybridized carbons (Fsp3) is 0.484. The summed E-state index contributed by atoms with van der Waals surface area (Å²) in [6.45, 7) is 10.6. The van der Waals surface area contributed by atoms with E-state index in [2.05, 4.69) is 33.0 Å². The summed E-state index contributed by atoms with van der Waals surface area (Å²) in [5, 5.41) is 3.59. The topological polar surface area (TPSA) is 58.6 Å². The predicted octanol–water partition coefficient (Wildman–Crippen LogP) is 7.59. The van der Waals surface area contributed by atoms with E-state index in [-0.39, 0.29) is 23.2 Å². The first kappa shape index (κ1) is 26.0. The molecule has 4 rings (SSSR count). The molecular formula is C31H40N2O3. The lowest BCUT2D eigenvalue weighted by Gasteiger charge is -2.37. The van der Waals surface area contributed by atoms with Gasteiger partial charge in [0.15, 0.2) is 5.78 Å². The maximum Gasteiger partial charge on any atom is 0.227 e. The van der Waals surface area contributed by atoms with Crippen molar-refractivity contribution in [2.45, 2.75) is 91.7 Å². The van der Waals surface area contributed by atoms with E-state index in [0.29, 0.717) is 18.4 Å². The number of carbonyl (C=O) groups excluding carboxylic acids is 2. The maximum atomic E-state index is 14.0. The molecule has 2 aromatic carbocycles. The van der Waals surface area contributed by atoms with Crippen molar-refractivity contribution in [1.82, 2.24) is 0 Å². The van der Waals surface area contributed by atoms with Crippen LogP contribution in [0.5, 0.6) is 5.75 Å². The minimum Gasteiger partial charge on any atom is -0.490 e. The number of ether oxygens (including phenoxy) is 1. The predicted molar refractivity (Wildman–Crippen MR) is 146 cm³/mol. The second-order valence-corrected chi connectivity index (χ2v) is 11.0. The van der Waals surface area contributed by atoms with E-state index in [9.17, 15) is 9.59 Å². The Hall–Kier alpha value is -3.08. The van der Waals surface area contributed by atoms with E-state index in [1.807, 2.05) is 60.4 Å². The number of hydrogen-bond acceptors (Lipinski definition) is 4. The third-order valence-corrected chi connectivity index (χ3v) is 7.28. The summed E-state index contributed by atoms with van der Waals surface area (Å²) in [5.41, 5.74) is 3.98. The number of carbonyl (C=O) groups is 2. The highest BCUT2D eigenvalue weighted by Crippen LogP contribution is 2.50. The molecule has 0 radical (unpaired) electrons. The monoisotopic (exact) mass is 488 g/mol. The summed E-state index contributed by atoms with van der Waals surface area (Å²) >= 11 is 0. The van der Waals surface area contributed by atoms with Crippen molar-refractivity contribution in [3.8, 4) is 5.75 Å². The number of nitrogens with one attached hydrogen (secondary N) is 1. The van der Waals surface area contributed by atoms with Gasteiger partial charge in [-0.1, -0.05) is 70.9 Å². The Kier molecular flexibility index (Phi) is 7.87. The average Bonchev–Trinajstić information content (AvgIpc) is 2.98. The molecule has 1 aliphatic carbocycles. The first-order valence-corrected chi connectivity index (χ1v) is 13.5. The zero-order chi connectivity index (χ0) is 25.9. The largest absolute Gasteiger partial charge is 0.490 e. The van der Waals surface area contributed by atoms with Gasteiger partial charge in [0.1, 0.15) is 5.75 Å². The van der Waals surface area contributed by atoms with E-state index in [0.717, 1.165) is 60.5 Å². The Balaban J connectivity index is 1.95. The molecule has 5 nitrogen and oxygen atoms in total. The zero-order valence-electron chi connectivity index (χ0n) is 22.4. The third-order valence-electron chi connectivity index (χ3n) is 7.28. The number of anilines is 2. The van der Waals surface area contributed by atoms with Crippen LogP contribution >= 0.6 is 0 Å². The summed E-state index contributed by atoms with van der Waals surface area (Å²) in [6, 6.07) is 15.3. The molecule has 1 aliphatic heterocycles. The van der Waals surface area contributed by atoms with Gasteiger partial charge in [-0.25, -0.2) is 0 Å². The molecule has 1 amide bonds. The molecule has 0 unspecified atom stereocenters. The second kappa shape index (κ2) is 10.9. The van der Waals surface area contributed by atoms with Gasteiger partial charge in [-0.2, -0.15) is 0 Å². The number of nitrogens with zero attached hydrogens (tertiary/aromatic N) is 1. The highest BCUT2D eigenvalue weighted by molar-refractivity contribution is 6.06. The van der Waals surface area contributed by atoms with Crippen LogP contribution in [0.2, 0.25) is 0 Å². The average molecular weight is 489 g/mol. The van der Waals surface area contributed by atoms with Gasteiger partial charge in [-0.15, -0.1) is 0 Å². The summed E-state index contributed by atoms with van der Waals surface area (Å²) < 4.78 is 6.37. The molecule has 192 valence electrons. The fourth-order valence-electron chi connectivity index (χ4n) is 5.32. The molecule has 0 saturated carbocycles. The van der Waals surface area contributed by atoms with Gasteiger partial charge in [0, 0.05) is 29.7 Å². The van der Waals surface area contributed by atoms with E-state index >= 15 is 0 Å². The van der Waals surface area contributed by atoms with Gasteiger partial charge >= 0.3 is 0 Å². The lowest BCUT2D eigenvalue weighted by molar-refractivity contribution is -0.119. The Morgan fingerprint density at radius 2 is 1.81 bits per heavy atom. The van der Waals surface area contributed by atoms with Gasteiger partial charge in [0.2, 0.25) is 5.91 Å². The number of hydrogen-bond donors (Lipinski definition) is 1. The minimum atomic E-state index is -0.547. The molecule has 2 aromatic rings. The van der Waals surface area contributed by atoms with Crippen LogP contribution in [-0.2, 0) is 9.59 Å². The Morgan fingerprint density at radius 1 is 1.08 bits per heavy atom. The molecule has 36 heavy (non-hydrogen) atoms. The Labute approximate surface area is 215 Å². The number of allylic oxidation sites excluding steroid dienone is 1. The van der Waals surface area contributed by atoms with E-state index in [1.54, 1.807) is 0 Å². The van der Waals surface area contributed by atoms with E-state index < -0.39 is 6.04 Å². The molecule has 0 bridgehead atoms. The smallest absolute Gasteiger partial charge is 0.227 e. The van der Waals surface area contributed by atoms with Crippen LogP contribution in [0.3, 0.4) is 0 Å². The van der Waals surface area contributed by atoms with Crippen molar-refractivity contribution in [3.63, 3.8) is 0 Å². The fourth-order valence-corrected chi connectivity index (χ4v) is 5.32. The van der Waals surface area contributed by atoms with Crippen molar-refractivity contribution in [1.29, 1.82) is 0 Å². The molecule has 5 heteroatoms. The van der Waals surface area contributed by atoms with Crippen LogP contribution in [0.15, 0.2) is 59.8 Å². The summed E-state index contributed by atoms with van der Waals surface area (Å²) in [7, 11) is 0. The Bertz CT molecular complexity index is 1150. The van der Waals surface area contributed by atoms with Crippen molar-refractivity contribution in [3.05, 3.63) is 65.4 Å². The number of Topliss-reactive ketones (excluding diaryl/α,β-unsaturated/α-hetero) is 1. The second-order valence-electron chi connectivity index (χ2n) is 11.0. The van der Waals surface area contributed by atoms with Crippen LogP contribution in [-0.4, -0.2) is 17.8 Å². The maximum absolute atomic E-state index is 14.0. The lowest BCUT2D eigenvalue weighted by Crippen LogP contribution is -2.39. The summed E-state index contributed by atoms with van der Waals surface area (Å²) in [6.07, 6.45) is 5.39. The van der Waals surface area contributed by atoms with Crippen molar-refractivity contribution < 1.29 is 14.3 Å². The molecule has 2 atom stereocenters. The third kappa shape index (κ3) is 5.35. The molecule has 1 heterocycles. The van der Waals surface area contributed by atoms with Crippen molar-refractivity contribution >= 4 is 23.1 Å². The molecular weight excluding hydrogens is 448 g/mol. The minimum absolute atomic E-state index is 0.0190. The molecule has 2 aliphatic rings. The Morgan fingerprint density at radius 3 is 2.56 bits per heavy atom. The molecule has 0 fully saturated rings. The number of fused-ring (bicyclic) bond motifs is 1. The number of ketones is 1. The number of amides is 1. The first-order chi connectivity index (χ1) is 17.3. The zero-order valence-corrected chi connectivity index (χ0v) is 22.4. The van der Waals surface area contributed by atoms with Crippen LogP contribution in [0.25, 0.3) is 0 Å². The van der Waals surface area contributed by atoms with Crippen LogP contribution in [0.4, 0.5) is 11.4 Å². The van der Waals surface area contributed by atoms with Gasteiger partial charge in [-0.05, 0) is 49.8 Å².